The SMILES string of the molecule is COc1ccc(CSc2ccc(N)cc2Cl)cc1F. The Balaban J connectivity index is 2.08. The monoisotopic (exact) mass is 297 g/mol. The molecule has 0 spiro atoms. The minimum atomic E-state index is -0.357. The van der Waals surface area contributed by atoms with Crippen LogP contribution in [-0.4, -0.2) is 7.11 Å². The third-order valence-corrected chi connectivity index (χ3v) is 4.14. The van der Waals surface area contributed by atoms with Gasteiger partial charge in [-0.25, -0.2) is 4.39 Å². The lowest BCUT2D eigenvalue weighted by Crippen LogP contribution is -1.90. The highest BCUT2D eigenvalue weighted by Crippen LogP contribution is 2.31. The van der Waals surface area contributed by atoms with Crippen LogP contribution in [0.2, 0.25) is 5.02 Å². The normalized spacial score (nSPS) is 10.5. The predicted octanol–water partition coefficient (Wildman–Crippen LogP) is 4.36. The van der Waals surface area contributed by atoms with Gasteiger partial charge in [0.05, 0.1) is 12.1 Å². The summed E-state index contributed by atoms with van der Waals surface area (Å²) in [4.78, 5) is 0.923. The Morgan fingerprint density at radius 2 is 2.05 bits per heavy atom. The Bertz CT molecular complexity index is 592. The van der Waals surface area contributed by atoms with Crippen LogP contribution in [0.4, 0.5) is 10.1 Å². The molecular formula is C14H13ClFNOS. The van der Waals surface area contributed by atoms with Crippen molar-refractivity contribution in [3.05, 3.63) is 52.8 Å². The smallest absolute Gasteiger partial charge is 0.165 e. The van der Waals surface area contributed by atoms with E-state index in [2.05, 4.69) is 0 Å². The molecule has 2 aromatic carbocycles. The van der Waals surface area contributed by atoms with Gasteiger partial charge in [-0.1, -0.05) is 17.7 Å². The molecule has 0 aliphatic rings. The van der Waals surface area contributed by atoms with Crippen LogP contribution < -0.4 is 10.5 Å². The summed E-state index contributed by atoms with van der Waals surface area (Å²) in [7, 11) is 1.45. The van der Waals surface area contributed by atoms with Crippen molar-refractivity contribution >= 4 is 29.1 Å². The van der Waals surface area contributed by atoms with Gasteiger partial charge in [0.25, 0.3) is 0 Å². The third-order valence-electron chi connectivity index (χ3n) is 2.57. The van der Waals surface area contributed by atoms with E-state index in [1.54, 1.807) is 18.2 Å². The number of halogens is 2. The average molecular weight is 298 g/mol. The minimum Gasteiger partial charge on any atom is -0.494 e. The molecule has 0 unspecified atom stereocenters. The van der Waals surface area contributed by atoms with Gasteiger partial charge in [-0.15, -0.1) is 11.8 Å². The molecule has 2 N–H and O–H groups in total. The molecule has 2 aromatic rings. The summed E-state index contributed by atoms with van der Waals surface area (Å²) >= 11 is 7.62. The van der Waals surface area contributed by atoms with Crippen LogP contribution in [0.5, 0.6) is 5.75 Å². The van der Waals surface area contributed by atoms with E-state index in [1.807, 2.05) is 12.1 Å². The van der Waals surface area contributed by atoms with Gasteiger partial charge in [-0.05, 0) is 35.9 Å². The Morgan fingerprint density at radius 1 is 1.26 bits per heavy atom. The van der Waals surface area contributed by atoms with Crippen LogP contribution in [0.25, 0.3) is 0 Å². The van der Waals surface area contributed by atoms with Crippen molar-refractivity contribution in [2.45, 2.75) is 10.6 Å². The van der Waals surface area contributed by atoms with E-state index in [0.717, 1.165) is 10.5 Å². The van der Waals surface area contributed by atoms with Crippen LogP contribution in [0, 0.1) is 5.82 Å². The molecule has 0 atom stereocenters. The van der Waals surface area contributed by atoms with Crippen molar-refractivity contribution in [2.24, 2.45) is 0 Å². The van der Waals surface area contributed by atoms with Crippen LogP contribution in [0.15, 0.2) is 41.3 Å². The number of methoxy groups -OCH3 is 1. The number of nitrogen functional groups attached to an aromatic ring is 1. The van der Waals surface area contributed by atoms with E-state index in [1.165, 1.54) is 24.9 Å². The molecule has 0 aromatic heterocycles. The summed E-state index contributed by atoms with van der Waals surface area (Å²) in [5.74, 6) is 0.521. The summed E-state index contributed by atoms with van der Waals surface area (Å²) < 4.78 is 18.4. The van der Waals surface area contributed by atoms with Crippen molar-refractivity contribution in [2.75, 3.05) is 12.8 Å². The minimum absolute atomic E-state index is 0.249. The van der Waals surface area contributed by atoms with Crippen molar-refractivity contribution < 1.29 is 9.13 Å². The first kappa shape index (κ1) is 14.0. The van der Waals surface area contributed by atoms with E-state index in [-0.39, 0.29) is 11.6 Å². The molecule has 0 saturated carbocycles. The molecule has 0 fully saturated rings. The van der Waals surface area contributed by atoms with Crippen molar-refractivity contribution in [3.8, 4) is 5.75 Å². The summed E-state index contributed by atoms with van der Waals surface area (Å²) in [6, 6.07) is 10.3. The average Bonchev–Trinajstić information content (AvgIpc) is 2.38. The molecule has 0 saturated heterocycles. The maximum Gasteiger partial charge on any atom is 0.165 e. The fourth-order valence-corrected chi connectivity index (χ4v) is 2.81. The van der Waals surface area contributed by atoms with Gasteiger partial charge in [0.1, 0.15) is 0 Å². The third kappa shape index (κ3) is 3.55. The molecule has 0 aliphatic carbocycles. The molecule has 2 rings (SSSR count). The summed E-state index contributed by atoms with van der Waals surface area (Å²) in [6.45, 7) is 0. The largest absolute Gasteiger partial charge is 0.494 e. The predicted molar refractivity (Wildman–Crippen MR) is 78.4 cm³/mol. The first-order valence-corrected chi connectivity index (χ1v) is 6.96. The summed E-state index contributed by atoms with van der Waals surface area (Å²) in [5, 5.41) is 0.610. The number of ether oxygens (including phenoxy) is 1. The van der Waals surface area contributed by atoms with Crippen molar-refractivity contribution in [1.29, 1.82) is 0 Å². The molecule has 2 nitrogen and oxygen atoms in total. The number of rotatable bonds is 4. The standard InChI is InChI=1S/C14H13ClFNOS/c1-18-13-4-2-9(6-12(13)16)8-19-14-5-3-10(17)7-11(14)15/h2-7H,8,17H2,1H3. The summed E-state index contributed by atoms with van der Waals surface area (Å²) in [6.07, 6.45) is 0. The molecule has 0 heterocycles. The van der Waals surface area contributed by atoms with E-state index < -0.39 is 0 Å². The van der Waals surface area contributed by atoms with Gasteiger partial charge in [0.15, 0.2) is 11.6 Å². The van der Waals surface area contributed by atoms with E-state index in [4.69, 9.17) is 22.1 Å². The van der Waals surface area contributed by atoms with E-state index >= 15 is 0 Å². The number of thioether (sulfide) groups is 1. The number of nitrogens with two attached hydrogens (primary N) is 1. The number of hydrogen-bond donors (Lipinski definition) is 1. The quantitative estimate of drug-likeness (QED) is 0.672. The van der Waals surface area contributed by atoms with Gasteiger partial charge in [-0.3, -0.25) is 0 Å². The second kappa shape index (κ2) is 6.17. The van der Waals surface area contributed by atoms with Crippen molar-refractivity contribution in [1.82, 2.24) is 0 Å². The lowest BCUT2D eigenvalue weighted by atomic mass is 10.2. The first-order valence-electron chi connectivity index (χ1n) is 5.60. The van der Waals surface area contributed by atoms with Crippen LogP contribution in [0.1, 0.15) is 5.56 Å². The van der Waals surface area contributed by atoms with Gasteiger partial charge in [0.2, 0.25) is 0 Å². The van der Waals surface area contributed by atoms with Gasteiger partial charge in [-0.2, -0.15) is 0 Å². The zero-order chi connectivity index (χ0) is 13.8. The highest BCUT2D eigenvalue weighted by atomic mass is 35.5. The van der Waals surface area contributed by atoms with Crippen LogP contribution >= 0.6 is 23.4 Å². The topological polar surface area (TPSA) is 35.2 Å². The van der Waals surface area contributed by atoms with Crippen LogP contribution in [-0.2, 0) is 5.75 Å². The zero-order valence-corrected chi connectivity index (χ0v) is 11.9. The second-order valence-corrected chi connectivity index (χ2v) is 5.37. The Labute approximate surface area is 120 Å². The van der Waals surface area contributed by atoms with Gasteiger partial charge >= 0.3 is 0 Å². The van der Waals surface area contributed by atoms with Crippen molar-refractivity contribution in [3.63, 3.8) is 0 Å². The number of benzene rings is 2. The van der Waals surface area contributed by atoms with E-state index in [0.29, 0.717) is 16.5 Å². The molecule has 0 radical (unpaired) electrons. The maximum absolute atomic E-state index is 13.5. The molecule has 0 aliphatic heterocycles. The lowest BCUT2D eigenvalue weighted by molar-refractivity contribution is 0.386. The van der Waals surface area contributed by atoms with E-state index in [9.17, 15) is 4.39 Å². The molecule has 5 heteroatoms. The number of anilines is 1. The second-order valence-electron chi connectivity index (χ2n) is 3.95. The number of hydrogen-bond acceptors (Lipinski definition) is 3. The lowest BCUT2D eigenvalue weighted by Gasteiger charge is -2.07. The van der Waals surface area contributed by atoms with Gasteiger partial charge in [0, 0.05) is 16.3 Å². The molecule has 19 heavy (non-hydrogen) atoms. The molecule has 0 amide bonds. The molecule has 100 valence electrons. The highest BCUT2D eigenvalue weighted by molar-refractivity contribution is 7.98. The summed E-state index contributed by atoms with van der Waals surface area (Å²) in [5.41, 5.74) is 7.13. The van der Waals surface area contributed by atoms with Gasteiger partial charge < -0.3 is 10.5 Å². The fraction of sp³-hybridized carbons (Fsp3) is 0.143. The fourth-order valence-electron chi connectivity index (χ4n) is 1.59. The Kier molecular flexibility index (Phi) is 4.56. The van der Waals surface area contributed by atoms with Crippen LogP contribution in [0.3, 0.4) is 0 Å². The Hall–Kier alpha value is -1.39. The first-order chi connectivity index (χ1) is 9.10. The zero-order valence-electron chi connectivity index (χ0n) is 10.3. The Morgan fingerprint density at radius 3 is 2.68 bits per heavy atom. The highest BCUT2D eigenvalue weighted by Gasteiger charge is 2.06. The maximum atomic E-state index is 13.5. The molecule has 0 bridgehead atoms. The molecular weight excluding hydrogens is 285 g/mol.